The second kappa shape index (κ2) is 8.23. The number of hydrogen-bond acceptors (Lipinski definition) is 5. The van der Waals surface area contributed by atoms with Crippen molar-refractivity contribution in [1.29, 1.82) is 0 Å². The van der Waals surface area contributed by atoms with Crippen LogP contribution in [0.1, 0.15) is 33.3 Å². The highest BCUT2D eigenvalue weighted by Gasteiger charge is 2.76. The first kappa shape index (κ1) is 24.1. The van der Waals surface area contributed by atoms with Gasteiger partial charge in [-0.05, 0) is 51.5 Å². The van der Waals surface area contributed by atoms with Crippen molar-refractivity contribution in [2.75, 3.05) is 5.32 Å². The predicted octanol–water partition coefficient (Wildman–Crippen LogP) is 2.81. The van der Waals surface area contributed by atoms with E-state index in [4.69, 9.17) is 4.74 Å². The number of anilines is 1. The number of fused-ring (bicyclic) bond motifs is 1. The van der Waals surface area contributed by atoms with Crippen molar-refractivity contribution in [3.8, 4) is 0 Å². The van der Waals surface area contributed by atoms with Gasteiger partial charge in [0, 0.05) is 24.5 Å². The Hall–Kier alpha value is -3.59. The molecule has 3 amide bonds. The number of carbonyl (C=O) groups is 3. The summed E-state index contributed by atoms with van der Waals surface area (Å²) in [5, 5.41) is 5.61. The van der Waals surface area contributed by atoms with Gasteiger partial charge in [0.05, 0.1) is 23.1 Å². The number of para-hydroxylation sites is 1. The number of benzene rings is 1. The van der Waals surface area contributed by atoms with E-state index in [1.807, 2.05) is 26.8 Å². The fraction of sp³-hybridized carbons (Fsp3) is 0.407. The molecule has 0 saturated carbocycles. The van der Waals surface area contributed by atoms with Crippen LogP contribution in [0.3, 0.4) is 0 Å². The fourth-order valence-electron chi connectivity index (χ4n) is 5.70. The van der Waals surface area contributed by atoms with Crippen LogP contribution in [0.25, 0.3) is 0 Å². The predicted molar refractivity (Wildman–Crippen MR) is 130 cm³/mol. The van der Waals surface area contributed by atoms with Gasteiger partial charge >= 0.3 is 0 Å². The molecule has 5 rings (SSSR count). The molecule has 36 heavy (non-hydrogen) atoms. The van der Waals surface area contributed by atoms with Gasteiger partial charge in [-0.3, -0.25) is 19.4 Å². The third-order valence-electron chi connectivity index (χ3n) is 7.03. The number of likely N-dealkylation sites (tertiary alicyclic amines) is 1. The molecule has 2 fully saturated rings. The smallest absolute Gasteiger partial charge is 0.246 e. The van der Waals surface area contributed by atoms with E-state index in [0.717, 1.165) is 5.56 Å². The summed E-state index contributed by atoms with van der Waals surface area (Å²) >= 11 is 0. The van der Waals surface area contributed by atoms with Gasteiger partial charge in [0.15, 0.2) is 0 Å². The third kappa shape index (κ3) is 3.78. The Morgan fingerprint density at radius 1 is 1.14 bits per heavy atom. The largest absolute Gasteiger partial charge is 0.356 e. The number of carbonyl (C=O) groups excluding carboxylic acids is 3. The molecule has 2 N–H and O–H groups in total. The first-order valence-electron chi connectivity index (χ1n) is 11.9. The molecule has 4 heterocycles. The molecule has 0 radical (unpaired) electrons. The molecule has 0 unspecified atom stereocenters. The van der Waals surface area contributed by atoms with Crippen molar-refractivity contribution in [1.82, 2.24) is 15.2 Å². The van der Waals surface area contributed by atoms with Crippen LogP contribution in [-0.2, 0) is 25.7 Å². The van der Waals surface area contributed by atoms with Gasteiger partial charge in [-0.2, -0.15) is 0 Å². The number of ether oxygens (including phenoxy) is 1. The van der Waals surface area contributed by atoms with Gasteiger partial charge in [0.1, 0.15) is 17.5 Å². The van der Waals surface area contributed by atoms with Crippen LogP contribution < -0.4 is 10.6 Å². The maximum atomic E-state index is 14.3. The number of pyridine rings is 1. The molecule has 2 aromatic rings. The summed E-state index contributed by atoms with van der Waals surface area (Å²) in [6, 6.07) is 8.43. The second-order valence-electron chi connectivity index (χ2n) is 10.9. The van der Waals surface area contributed by atoms with Crippen molar-refractivity contribution in [3.63, 3.8) is 0 Å². The van der Waals surface area contributed by atoms with Crippen molar-refractivity contribution in [2.45, 2.75) is 57.0 Å². The number of hydrogen-bond donors (Lipinski definition) is 2. The number of rotatable bonds is 5. The maximum absolute atomic E-state index is 14.3. The molecular formula is C27H29FN4O4. The van der Waals surface area contributed by atoms with Crippen LogP contribution in [0.2, 0.25) is 0 Å². The molecule has 5 atom stereocenters. The fourth-order valence-corrected chi connectivity index (χ4v) is 5.70. The lowest BCUT2D eigenvalue weighted by Gasteiger charge is -2.35. The summed E-state index contributed by atoms with van der Waals surface area (Å²) < 4.78 is 20.8. The van der Waals surface area contributed by atoms with Crippen LogP contribution in [-0.4, -0.2) is 50.4 Å². The zero-order chi connectivity index (χ0) is 25.9. The summed E-state index contributed by atoms with van der Waals surface area (Å²) in [6.45, 7) is 7.42. The lowest BCUT2D eigenvalue weighted by Crippen LogP contribution is -2.57. The molecule has 2 saturated heterocycles. The quantitative estimate of drug-likeness (QED) is 0.626. The summed E-state index contributed by atoms with van der Waals surface area (Å²) in [7, 11) is 0. The highest BCUT2D eigenvalue weighted by Crippen LogP contribution is 2.60. The molecule has 3 aliphatic rings. The van der Waals surface area contributed by atoms with Gasteiger partial charge in [0.2, 0.25) is 17.7 Å². The third-order valence-corrected chi connectivity index (χ3v) is 7.03. The van der Waals surface area contributed by atoms with E-state index in [1.54, 1.807) is 43.6 Å². The zero-order valence-corrected chi connectivity index (χ0v) is 20.6. The van der Waals surface area contributed by atoms with Crippen LogP contribution in [0.15, 0.2) is 60.9 Å². The Morgan fingerprint density at radius 3 is 2.56 bits per heavy atom. The van der Waals surface area contributed by atoms with E-state index in [0.29, 0.717) is 0 Å². The second-order valence-corrected chi connectivity index (χ2v) is 10.9. The van der Waals surface area contributed by atoms with Gasteiger partial charge < -0.3 is 20.3 Å². The van der Waals surface area contributed by atoms with E-state index in [1.165, 1.54) is 23.1 Å². The normalized spacial score (nSPS) is 30.4. The van der Waals surface area contributed by atoms with Crippen molar-refractivity contribution in [3.05, 3.63) is 72.3 Å². The van der Waals surface area contributed by atoms with Crippen molar-refractivity contribution < 1.29 is 23.5 Å². The van der Waals surface area contributed by atoms with E-state index in [2.05, 4.69) is 15.6 Å². The number of aromatic nitrogens is 1. The average Bonchev–Trinajstić information content (AvgIpc) is 3.36. The SMILES string of the molecule is CC(C)(C)NC(=O)[C@H]1N(Cc2cccnc2)C(=O)[C@@H]2[C@H](C(=O)Nc3ccccc3F)[C@]3(C)C=C[C@@]21O3. The highest BCUT2D eigenvalue weighted by molar-refractivity contribution is 6.03. The summed E-state index contributed by atoms with van der Waals surface area (Å²) in [5.41, 5.74) is -2.25. The van der Waals surface area contributed by atoms with Gasteiger partial charge in [0.25, 0.3) is 0 Å². The molecule has 2 bridgehead atoms. The van der Waals surface area contributed by atoms with E-state index >= 15 is 0 Å². The van der Waals surface area contributed by atoms with Crippen LogP contribution in [0, 0.1) is 17.7 Å². The Balaban J connectivity index is 1.55. The highest BCUT2D eigenvalue weighted by atomic mass is 19.1. The lowest BCUT2D eigenvalue weighted by atomic mass is 9.70. The molecule has 188 valence electrons. The molecular weight excluding hydrogens is 463 g/mol. The van der Waals surface area contributed by atoms with Gasteiger partial charge in [-0.25, -0.2) is 4.39 Å². The lowest BCUT2D eigenvalue weighted by molar-refractivity contribution is -0.145. The van der Waals surface area contributed by atoms with E-state index in [9.17, 15) is 18.8 Å². The summed E-state index contributed by atoms with van der Waals surface area (Å²) in [6.07, 6.45) is 6.76. The molecule has 1 aromatic heterocycles. The number of nitrogens with one attached hydrogen (secondary N) is 2. The number of amides is 3. The van der Waals surface area contributed by atoms with E-state index < -0.39 is 46.3 Å². The molecule has 8 nitrogen and oxygen atoms in total. The molecule has 3 aliphatic heterocycles. The van der Waals surface area contributed by atoms with Crippen LogP contribution in [0.5, 0.6) is 0 Å². The van der Waals surface area contributed by atoms with Gasteiger partial charge in [-0.15, -0.1) is 0 Å². The molecule has 9 heteroatoms. The molecule has 0 aliphatic carbocycles. The Bertz CT molecular complexity index is 1260. The van der Waals surface area contributed by atoms with Crippen molar-refractivity contribution >= 4 is 23.4 Å². The molecule has 1 spiro atoms. The minimum absolute atomic E-state index is 0.0200. The first-order chi connectivity index (χ1) is 17.0. The van der Waals surface area contributed by atoms with Crippen molar-refractivity contribution in [2.24, 2.45) is 11.8 Å². The Labute approximate surface area is 208 Å². The number of halogens is 1. The van der Waals surface area contributed by atoms with Crippen LogP contribution in [0.4, 0.5) is 10.1 Å². The number of nitrogens with zero attached hydrogens (tertiary/aromatic N) is 2. The zero-order valence-electron chi connectivity index (χ0n) is 20.6. The van der Waals surface area contributed by atoms with Gasteiger partial charge in [-0.1, -0.05) is 30.4 Å². The summed E-state index contributed by atoms with van der Waals surface area (Å²) in [4.78, 5) is 46.8. The monoisotopic (exact) mass is 492 g/mol. The topological polar surface area (TPSA) is 101 Å². The Morgan fingerprint density at radius 2 is 1.89 bits per heavy atom. The first-order valence-corrected chi connectivity index (χ1v) is 11.9. The minimum atomic E-state index is -1.33. The summed E-state index contributed by atoms with van der Waals surface area (Å²) in [5.74, 6) is -3.76. The standard InChI is InChI=1S/C27H29FN4O4/c1-25(2,3)31-23(34)21-27-12-11-26(4,36-27)19(22(33)30-18-10-6-5-9-17(18)28)20(27)24(35)32(21)15-16-8-7-13-29-14-16/h5-14,19-21H,15H2,1-4H3,(H,30,33)(H,31,34)/t19-,20+,21-,26+,27-/m1/s1. The minimum Gasteiger partial charge on any atom is -0.356 e. The average molecular weight is 493 g/mol. The Kier molecular flexibility index (Phi) is 5.51. The maximum Gasteiger partial charge on any atom is 0.246 e. The molecule has 1 aromatic carbocycles. The van der Waals surface area contributed by atoms with Crippen LogP contribution >= 0.6 is 0 Å². The van der Waals surface area contributed by atoms with E-state index in [-0.39, 0.29) is 24.0 Å².